The van der Waals surface area contributed by atoms with Crippen molar-refractivity contribution in [1.29, 1.82) is 0 Å². The summed E-state index contributed by atoms with van der Waals surface area (Å²) in [7, 11) is 0. The van der Waals surface area contributed by atoms with Gasteiger partial charge in [-0.1, -0.05) is 4.49 Å². The van der Waals surface area contributed by atoms with Crippen LogP contribution >= 0.6 is 11.5 Å². The monoisotopic (exact) mass is 212 g/mol. The first-order valence-electron chi connectivity index (χ1n) is 4.59. The maximum absolute atomic E-state index is 11.6. The maximum atomic E-state index is 11.6. The molecule has 1 heterocycles. The number of aromatic nitrogens is 2. The normalized spacial score (nSPS) is 26.4. The van der Waals surface area contributed by atoms with Crippen LogP contribution in [0.25, 0.3) is 0 Å². The molecule has 1 saturated carbocycles. The minimum Gasteiger partial charge on any atom is -0.328 e. The molecule has 2 rings (SSSR count). The van der Waals surface area contributed by atoms with Crippen molar-refractivity contribution in [3.63, 3.8) is 0 Å². The van der Waals surface area contributed by atoms with Gasteiger partial charge in [0, 0.05) is 23.5 Å². The lowest BCUT2D eigenvalue weighted by Crippen LogP contribution is -2.22. The van der Waals surface area contributed by atoms with Gasteiger partial charge >= 0.3 is 0 Å². The summed E-state index contributed by atoms with van der Waals surface area (Å²) in [5.74, 6) is 0.108. The van der Waals surface area contributed by atoms with Crippen molar-refractivity contribution in [1.82, 2.24) is 9.59 Å². The molecule has 0 saturated heterocycles. The van der Waals surface area contributed by atoms with Crippen LogP contribution in [0.5, 0.6) is 0 Å². The first-order chi connectivity index (χ1) is 6.75. The van der Waals surface area contributed by atoms with Crippen molar-refractivity contribution in [2.75, 3.05) is 5.32 Å². The molecule has 0 bridgehead atoms. The molecule has 76 valence electrons. The zero-order valence-electron chi connectivity index (χ0n) is 7.64. The highest BCUT2D eigenvalue weighted by Crippen LogP contribution is 2.25. The Hall–Kier alpha value is -1.01. The molecular weight excluding hydrogens is 200 g/mol. The minimum absolute atomic E-state index is 0.0454. The van der Waals surface area contributed by atoms with Crippen molar-refractivity contribution in [3.8, 4) is 0 Å². The number of carbonyl (C=O) groups excluding carboxylic acids is 1. The molecule has 0 spiro atoms. The molecule has 3 N–H and O–H groups in total. The number of rotatable bonds is 2. The number of carbonyl (C=O) groups is 1. The third-order valence-electron chi connectivity index (χ3n) is 2.45. The number of hydrogen-bond acceptors (Lipinski definition) is 5. The summed E-state index contributed by atoms with van der Waals surface area (Å²) in [5.41, 5.74) is 5.73. The second-order valence-electron chi connectivity index (χ2n) is 3.54. The van der Waals surface area contributed by atoms with Crippen LogP contribution in [0.4, 0.5) is 5.00 Å². The number of nitrogens with one attached hydrogen (secondary N) is 1. The molecule has 1 aliphatic rings. The summed E-state index contributed by atoms with van der Waals surface area (Å²) >= 11 is 1.19. The molecule has 6 heteroatoms. The van der Waals surface area contributed by atoms with E-state index in [0.717, 1.165) is 19.3 Å². The fourth-order valence-corrected chi connectivity index (χ4v) is 2.12. The van der Waals surface area contributed by atoms with E-state index in [-0.39, 0.29) is 17.9 Å². The van der Waals surface area contributed by atoms with E-state index >= 15 is 0 Å². The van der Waals surface area contributed by atoms with E-state index in [4.69, 9.17) is 5.73 Å². The van der Waals surface area contributed by atoms with Crippen molar-refractivity contribution < 1.29 is 4.79 Å². The molecule has 14 heavy (non-hydrogen) atoms. The van der Waals surface area contributed by atoms with E-state index < -0.39 is 0 Å². The molecule has 1 fully saturated rings. The molecule has 2 atom stereocenters. The second kappa shape index (κ2) is 4.02. The Balaban J connectivity index is 1.90. The van der Waals surface area contributed by atoms with Gasteiger partial charge < -0.3 is 11.1 Å². The molecule has 1 aliphatic carbocycles. The Morgan fingerprint density at radius 3 is 3.07 bits per heavy atom. The molecule has 1 aromatic heterocycles. The molecular formula is C8H12N4OS. The predicted octanol–water partition coefficient (Wildman–Crippen LogP) is 0.604. The van der Waals surface area contributed by atoms with Crippen molar-refractivity contribution >= 4 is 22.4 Å². The van der Waals surface area contributed by atoms with Crippen LogP contribution in [-0.2, 0) is 4.79 Å². The van der Waals surface area contributed by atoms with Gasteiger partial charge in [0.1, 0.15) is 5.00 Å². The van der Waals surface area contributed by atoms with E-state index in [0.29, 0.717) is 5.00 Å². The lowest BCUT2D eigenvalue weighted by Gasteiger charge is -2.07. The average molecular weight is 212 g/mol. The third-order valence-corrected chi connectivity index (χ3v) is 3.03. The van der Waals surface area contributed by atoms with Gasteiger partial charge in [0.05, 0.1) is 6.20 Å². The van der Waals surface area contributed by atoms with Gasteiger partial charge in [0.25, 0.3) is 0 Å². The summed E-state index contributed by atoms with van der Waals surface area (Å²) in [4.78, 5) is 11.6. The molecule has 1 aromatic rings. The summed E-state index contributed by atoms with van der Waals surface area (Å²) in [6.07, 6.45) is 4.17. The summed E-state index contributed by atoms with van der Waals surface area (Å²) < 4.78 is 3.67. The maximum Gasteiger partial charge on any atom is 0.228 e. The molecule has 0 aromatic carbocycles. The topological polar surface area (TPSA) is 80.9 Å². The van der Waals surface area contributed by atoms with Crippen LogP contribution in [0, 0.1) is 5.92 Å². The third kappa shape index (κ3) is 2.08. The molecule has 2 unspecified atom stereocenters. The van der Waals surface area contributed by atoms with E-state index in [1.54, 1.807) is 6.20 Å². The van der Waals surface area contributed by atoms with Crippen LogP contribution in [0.1, 0.15) is 19.3 Å². The Labute approximate surface area is 85.9 Å². The highest BCUT2D eigenvalue weighted by Gasteiger charge is 2.27. The largest absolute Gasteiger partial charge is 0.328 e. The number of amides is 1. The molecule has 0 aliphatic heterocycles. The van der Waals surface area contributed by atoms with E-state index in [1.807, 2.05) is 0 Å². The van der Waals surface area contributed by atoms with E-state index in [9.17, 15) is 4.79 Å². The molecule has 1 amide bonds. The molecule has 0 radical (unpaired) electrons. The smallest absolute Gasteiger partial charge is 0.228 e. The number of anilines is 1. The van der Waals surface area contributed by atoms with Crippen LogP contribution in [0.3, 0.4) is 0 Å². The number of hydrogen-bond donors (Lipinski definition) is 2. The van der Waals surface area contributed by atoms with Crippen molar-refractivity contribution in [2.24, 2.45) is 11.7 Å². The lowest BCUT2D eigenvalue weighted by atomic mass is 10.1. The first kappa shape index (κ1) is 9.54. The van der Waals surface area contributed by atoms with Gasteiger partial charge in [-0.05, 0) is 19.3 Å². The standard InChI is InChI=1S/C8H12N4OS/c9-6-2-1-5(3-6)8(13)11-7-4-10-12-14-7/h4-6H,1-3,9H2,(H,11,13). The summed E-state index contributed by atoms with van der Waals surface area (Å²) in [6.45, 7) is 0. The average Bonchev–Trinajstić information content (AvgIpc) is 2.75. The highest BCUT2D eigenvalue weighted by molar-refractivity contribution is 7.10. The van der Waals surface area contributed by atoms with Crippen LogP contribution in [0.15, 0.2) is 6.20 Å². The SMILES string of the molecule is NC1CCC(C(=O)Nc2cnns2)C1. The van der Waals surface area contributed by atoms with E-state index in [2.05, 4.69) is 14.9 Å². The fourth-order valence-electron chi connectivity index (χ4n) is 1.70. The number of nitrogens with zero attached hydrogens (tertiary/aromatic N) is 2. The number of nitrogens with two attached hydrogens (primary N) is 1. The van der Waals surface area contributed by atoms with Crippen LogP contribution in [0.2, 0.25) is 0 Å². The van der Waals surface area contributed by atoms with Gasteiger partial charge in [-0.2, -0.15) is 0 Å². The van der Waals surface area contributed by atoms with Crippen molar-refractivity contribution in [3.05, 3.63) is 6.20 Å². The first-order valence-corrected chi connectivity index (χ1v) is 5.37. The Kier molecular flexibility index (Phi) is 2.74. The van der Waals surface area contributed by atoms with Gasteiger partial charge in [0.15, 0.2) is 0 Å². The summed E-state index contributed by atoms with van der Waals surface area (Å²) in [6, 6.07) is 0.185. The van der Waals surface area contributed by atoms with Gasteiger partial charge in [-0.15, -0.1) is 5.10 Å². The second-order valence-corrected chi connectivity index (χ2v) is 4.33. The summed E-state index contributed by atoms with van der Waals surface area (Å²) in [5, 5.41) is 7.13. The minimum atomic E-state index is 0.0454. The zero-order chi connectivity index (χ0) is 9.97. The highest BCUT2D eigenvalue weighted by atomic mass is 32.1. The van der Waals surface area contributed by atoms with Crippen LogP contribution < -0.4 is 11.1 Å². The lowest BCUT2D eigenvalue weighted by molar-refractivity contribution is -0.119. The molecule has 5 nitrogen and oxygen atoms in total. The van der Waals surface area contributed by atoms with Gasteiger partial charge in [0.2, 0.25) is 5.91 Å². The quantitative estimate of drug-likeness (QED) is 0.752. The van der Waals surface area contributed by atoms with Gasteiger partial charge in [-0.25, -0.2) is 0 Å². The fraction of sp³-hybridized carbons (Fsp3) is 0.625. The van der Waals surface area contributed by atoms with Gasteiger partial charge in [-0.3, -0.25) is 4.79 Å². The zero-order valence-corrected chi connectivity index (χ0v) is 8.46. The van der Waals surface area contributed by atoms with E-state index in [1.165, 1.54) is 11.5 Å². The van der Waals surface area contributed by atoms with Crippen molar-refractivity contribution in [2.45, 2.75) is 25.3 Å². The Bertz CT molecular complexity index is 313. The Morgan fingerprint density at radius 1 is 1.64 bits per heavy atom. The Morgan fingerprint density at radius 2 is 2.50 bits per heavy atom. The predicted molar refractivity (Wildman–Crippen MR) is 53.9 cm³/mol. The van der Waals surface area contributed by atoms with Crippen LogP contribution in [-0.4, -0.2) is 21.5 Å².